The number of unbranched alkanes of at least 4 members (excludes halogenated alkanes) is 1. The zero-order chi connectivity index (χ0) is 21.0. The number of anilines is 2. The van der Waals surface area contributed by atoms with Gasteiger partial charge in [-0.1, -0.05) is 31.5 Å². The van der Waals surface area contributed by atoms with Gasteiger partial charge < -0.3 is 9.80 Å². The summed E-state index contributed by atoms with van der Waals surface area (Å²) in [4.78, 5) is 9.07. The molecule has 1 saturated heterocycles. The summed E-state index contributed by atoms with van der Waals surface area (Å²) in [6, 6.07) is 21.6. The van der Waals surface area contributed by atoms with Gasteiger partial charge in [0.05, 0.1) is 16.9 Å². The lowest BCUT2D eigenvalue weighted by atomic mass is 10.1. The lowest BCUT2D eigenvalue weighted by Crippen LogP contribution is -2.46. The van der Waals surface area contributed by atoms with E-state index < -0.39 is 0 Å². The Balaban J connectivity index is 1.44. The van der Waals surface area contributed by atoms with Gasteiger partial charge in [0.1, 0.15) is 0 Å². The second-order valence-corrected chi connectivity index (χ2v) is 8.18. The molecule has 0 radical (unpaired) electrons. The largest absolute Gasteiger partial charge is 0.368 e. The zero-order valence-electron chi connectivity index (χ0n) is 18.1. The van der Waals surface area contributed by atoms with Crippen LogP contribution in [0.4, 0.5) is 11.4 Å². The fourth-order valence-electron chi connectivity index (χ4n) is 4.44. The molecule has 0 amide bonds. The number of rotatable bonds is 6. The Morgan fingerprint density at radius 3 is 2.19 bits per heavy atom. The Labute approximate surface area is 183 Å². The van der Waals surface area contributed by atoms with Crippen molar-refractivity contribution in [3.05, 3.63) is 78.8 Å². The van der Waals surface area contributed by atoms with Crippen molar-refractivity contribution in [2.75, 3.05) is 36.0 Å². The zero-order valence-corrected chi connectivity index (χ0v) is 18.1. The van der Waals surface area contributed by atoms with Crippen LogP contribution in [-0.4, -0.2) is 40.9 Å². The maximum atomic E-state index is 5.02. The molecular weight excluding hydrogens is 382 g/mol. The molecule has 0 saturated carbocycles. The predicted molar refractivity (Wildman–Crippen MR) is 128 cm³/mol. The molecule has 5 nitrogen and oxygen atoms in total. The van der Waals surface area contributed by atoms with Crippen molar-refractivity contribution in [1.82, 2.24) is 14.8 Å². The van der Waals surface area contributed by atoms with Crippen LogP contribution in [0.1, 0.15) is 25.5 Å². The summed E-state index contributed by atoms with van der Waals surface area (Å²) >= 11 is 0. The number of aromatic nitrogens is 3. The number of pyridine rings is 1. The topological polar surface area (TPSA) is 37.2 Å². The van der Waals surface area contributed by atoms with Crippen molar-refractivity contribution in [2.24, 2.45) is 0 Å². The van der Waals surface area contributed by atoms with Crippen LogP contribution in [0.25, 0.3) is 16.6 Å². The van der Waals surface area contributed by atoms with E-state index in [0.717, 1.165) is 38.3 Å². The first kappa shape index (κ1) is 19.6. The third kappa shape index (κ3) is 4.00. The van der Waals surface area contributed by atoms with Crippen LogP contribution >= 0.6 is 0 Å². The van der Waals surface area contributed by atoms with E-state index in [0.29, 0.717) is 0 Å². The Kier molecular flexibility index (Phi) is 5.57. The number of hydrogen-bond acceptors (Lipinski definition) is 4. The van der Waals surface area contributed by atoms with Gasteiger partial charge in [0.25, 0.3) is 0 Å². The Morgan fingerprint density at radius 2 is 1.48 bits per heavy atom. The second-order valence-electron chi connectivity index (χ2n) is 8.18. The molecule has 0 N–H and O–H groups in total. The van der Waals surface area contributed by atoms with Gasteiger partial charge in [0.2, 0.25) is 0 Å². The van der Waals surface area contributed by atoms with Crippen LogP contribution in [0, 0.1) is 0 Å². The molecule has 0 aliphatic carbocycles. The lowest BCUT2D eigenvalue weighted by molar-refractivity contribution is 0.653. The predicted octanol–water partition coefficient (Wildman–Crippen LogP) is 5.09. The molecular formula is C26H29N5. The van der Waals surface area contributed by atoms with Crippen molar-refractivity contribution in [3.63, 3.8) is 0 Å². The first-order valence-corrected chi connectivity index (χ1v) is 11.3. The SMILES string of the molecule is CCCCc1nn(-c2ccccc2)c2cc(N3CCN(c4ccncc4)CC3)ccc12. The number of aryl methyl sites for hydroxylation is 1. The van der Waals surface area contributed by atoms with E-state index >= 15 is 0 Å². The highest BCUT2D eigenvalue weighted by atomic mass is 15.3. The minimum atomic E-state index is 1.01. The highest BCUT2D eigenvalue weighted by Gasteiger charge is 2.19. The minimum absolute atomic E-state index is 1.01. The number of fused-ring (bicyclic) bond motifs is 1. The number of benzene rings is 2. The Hall–Kier alpha value is -3.34. The Bertz CT molecular complexity index is 1130. The first-order valence-electron chi connectivity index (χ1n) is 11.3. The molecule has 3 heterocycles. The second kappa shape index (κ2) is 8.80. The van der Waals surface area contributed by atoms with Gasteiger partial charge in [0, 0.05) is 55.3 Å². The van der Waals surface area contributed by atoms with Gasteiger partial charge in [-0.25, -0.2) is 4.68 Å². The number of piperazine rings is 1. The third-order valence-corrected chi connectivity index (χ3v) is 6.18. The van der Waals surface area contributed by atoms with E-state index in [2.05, 4.69) is 87.1 Å². The van der Waals surface area contributed by atoms with Crippen molar-refractivity contribution in [1.29, 1.82) is 0 Å². The van der Waals surface area contributed by atoms with Gasteiger partial charge in [-0.05, 0) is 55.3 Å². The number of hydrogen-bond donors (Lipinski definition) is 0. The molecule has 1 fully saturated rings. The summed E-state index contributed by atoms with van der Waals surface area (Å²) in [6.07, 6.45) is 7.11. The van der Waals surface area contributed by atoms with Crippen molar-refractivity contribution in [3.8, 4) is 5.69 Å². The molecule has 1 aliphatic rings. The van der Waals surface area contributed by atoms with E-state index in [9.17, 15) is 0 Å². The maximum absolute atomic E-state index is 5.02. The van der Waals surface area contributed by atoms with Crippen LogP contribution in [0.3, 0.4) is 0 Å². The summed E-state index contributed by atoms with van der Waals surface area (Å²) in [5.74, 6) is 0. The van der Waals surface area contributed by atoms with Crippen LogP contribution < -0.4 is 9.80 Å². The van der Waals surface area contributed by atoms with Crippen LogP contribution in [0.15, 0.2) is 73.1 Å². The molecule has 0 unspecified atom stereocenters. The van der Waals surface area contributed by atoms with E-state index in [4.69, 9.17) is 5.10 Å². The Morgan fingerprint density at radius 1 is 0.774 bits per heavy atom. The molecule has 0 bridgehead atoms. The molecule has 2 aromatic carbocycles. The summed E-state index contributed by atoms with van der Waals surface area (Å²) in [7, 11) is 0. The maximum Gasteiger partial charge on any atom is 0.0764 e. The van der Waals surface area contributed by atoms with Gasteiger partial charge in [-0.3, -0.25) is 4.98 Å². The molecule has 31 heavy (non-hydrogen) atoms. The fourth-order valence-corrected chi connectivity index (χ4v) is 4.44. The standard InChI is InChI=1S/C26H29N5/c1-2-3-9-25-24-11-10-23(20-26(24)31(28-25)22-7-5-4-6-8-22)30-18-16-29(17-19-30)21-12-14-27-15-13-21/h4-8,10-15,20H,2-3,9,16-19H2,1H3. The van der Waals surface area contributed by atoms with Gasteiger partial charge in [-0.15, -0.1) is 0 Å². The van der Waals surface area contributed by atoms with Crippen molar-refractivity contribution < 1.29 is 0 Å². The number of para-hydroxylation sites is 1. The highest BCUT2D eigenvalue weighted by molar-refractivity contribution is 5.87. The molecule has 5 rings (SSSR count). The van der Waals surface area contributed by atoms with E-state index in [-0.39, 0.29) is 0 Å². The summed E-state index contributed by atoms with van der Waals surface area (Å²) < 4.78 is 2.12. The smallest absolute Gasteiger partial charge is 0.0764 e. The quantitative estimate of drug-likeness (QED) is 0.443. The average molecular weight is 412 g/mol. The lowest BCUT2D eigenvalue weighted by Gasteiger charge is -2.37. The normalized spacial score (nSPS) is 14.4. The summed E-state index contributed by atoms with van der Waals surface area (Å²) in [6.45, 7) is 6.29. The molecule has 0 atom stereocenters. The monoisotopic (exact) mass is 411 g/mol. The molecule has 0 spiro atoms. The highest BCUT2D eigenvalue weighted by Crippen LogP contribution is 2.29. The summed E-state index contributed by atoms with van der Waals surface area (Å²) in [5, 5.41) is 6.29. The first-order chi connectivity index (χ1) is 15.3. The van der Waals surface area contributed by atoms with E-state index in [1.807, 2.05) is 12.4 Å². The van der Waals surface area contributed by atoms with Crippen LogP contribution in [0.2, 0.25) is 0 Å². The van der Waals surface area contributed by atoms with E-state index in [1.165, 1.54) is 40.8 Å². The van der Waals surface area contributed by atoms with Gasteiger partial charge >= 0.3 is 0 Å². The molecule has 5 heteroatoms. The third-order valence-electron chi connectivity index (χ3n) is 6.18. The van der Waals surface area contributed by atoms with Gasteiger partial charge in [-0.2, -0.15) is 5.10 Å². The van der Waals surface area contributed by atoms with Gasteiger partial charge in [0.15, 0.2) is 0 Å². The van der Waals surface area contributed by atoms with Crippen LogP contribution in [0.5, 0.6) is 0 Å². The van der Waals surface area contributed by atoms with Crippen molar-refractivity contribution >= 4 is 22.3 Å². The van der Waals surface area contributed by atoms with E-state index in [1.54, 1.807) is 0 Å². The molecule has 4 aromatic rings. The van der Waals surface area contributed by atoms with Crippen molar-refractivity contribution in [2.45, 2.75) is 26.2 Å². The average Bonchev–Trinajstić information content (AvgIpc) is 3.22. The minimum Gasteiger partial charge on any atom is -0.368 e. The number of nitrogens with zero attached hydrogens (tertiary/aromatic N) is 5. The molecule has 158 valence electrons. The molecule has 2 aromatic heterocycles. The summed E-state index contributed by atoms with van der Waals surface area (Å²) in [5.41, 5.74) is 6.06. The van der Waals surface area contributed by atoms with Crippen LogP contribution in [-0.2, 0) is 6.42 Å². The fraction of sp³-hybridized carbons (Fsp3) is 0.308. The molecule has 1 aliphatic heterocycles.